The molecule has 1 aliphatic heterocycles. The molecule has 0 saturated carbocycles. The number of rotatable bonds is 10. The van der Waals surface area contributed by atoms with Crippen LogP contribution in [0, 0.1) is 0 Å². The molecule has 1 aliphatic rings. The predicted molar refractivity (Wildman–Crippen MR) is 115 cm³/mol. The summed E-state index contributed by atoms with van der Waals surface area (Å²) in [6.45, 7) is 7.33. The van der Waals surface area contributed by atoms with Crippen LogP contribution in [-0.2, 0) is 20.7 Å². The van der Waals surface area contributed by atoms with Gasteiger partial charge in [-0.25, -0.2) is 0 Å². The van der Waals surface area contributed by atoms with E-state index >= 15 is 0 Å². The molecule has 7 heteroatoms. The minimum atomic E-state index is -0.269. The topological polar surface area (TPSA) is 72.2 Å². The summed E-state index contributed by atoms with van der Waals surface area (Å²) in [5.74, 6) is 0.447. The van der Waals surface area contributed by atoms with Gasteiger partial charge in [-0.05, 0) is 45.0 Å². The van der Waals surface area contributed by atoms with Crippen molar-refractivity contribution < 1.29 is 23.5 Å². The standard InChI is InChI=1S/C23H32N2O5/c1-4-24-11-6-7-18(24)15-25(12-10-23(27)29-5-2)22(26)13-17-16-30-21-14-19(28-3)8-9-20(17)21/h8-9,14,16,18H,4-7,10-13,15H2,1-3H3. The molecule has 1 atom stereocenters. The number of hydrogen-bond donors (Lipinski definition) is 0. The fourth-order valence-corrected chi connectivity index (χ4v) is 4.15. The van der Waals surface area contributed by atoms with Gasteiger partial charge in [0.25, 0.3) is 0 Å². The van der Waals surface area contributed by atoms with E-state index in [9.17, 15) is 9.59 Å². The molecule has 3 rings (SSSR count). The Labute approximate surface area is 177 Å². The highest BCUT2D eigenvalue weighted by Gasteiger charge is 2.28. The van der Waals surface area contributed by atoms with Gasteiger partial charge in [-0.2, -0.15) is 0 Å². The molecule has 164 valence electrons. The highest BCUT2D eigenvalue weighted by atomic mass is 16.5. The number of hydrogen-bond acceptors (Lipinski definition) is 6. The summed E-state index contributed by atoms with van der Waals surface area (Å²) in [5, 5.41) is 0.908. The van der Waals surface area contributed by atoms with Crippen LogP contribution in [-0.4, -0.2) is 67.6 Å². The molecule has 0 aliphatic carbocycles. The molecular weight excluding hydrogens is 384 g/mol. The average molecular weight is 417 g/mol. The highest BCUT2D eigenvalue weighted by molar-refractivity contribution is 5.88. The molecule has 0 bridgehead atoms. The van der Waals surface area contributed by atoms with Crippen LogP contribution < -0.4 is 4.74 Å². The monoisotopic (exact) mass is 416 g/mol. The molecule has 1 aromatic heterocycles. The SMILES string of the molecule is CCOC(=O)CCN(CC1CCCN1CC)C(=O)Cc1coc2cc(OC)ccc12. The molecule has 2 aromatic rings. The summed E-state index contributed by atoms with van der Waals surface area (Å²) in [5.41, 5.74) is 1.54. The number of carbonyl (C=O) groups is 2. The molecule has 0 radical (unpaired) electrons. The second-order valence-corrected chi connectivity index (χ2v) is 7.62. The Kier molecular flexibility index (Phi) is 7.74. The number of carbonyl (C=O) groups excluding carboxylic acids is 2. The third kappa shape index (κ3) is 5.33. The lowest BCUT2D eigenvalue weighted by molar-refractivity contribution is -0.144. The molecule has 30 heavy (non-hydrogen) atoms. The van der Waals surface area contributed by atoms with Crippen molar-refractivity contribution in [1.29, 1.82) is 0 Å². The Hall–Kier alpha value is -2.54. The largest absolute Gasteiger partial charge is 0.497 e. The van der Waals surface area contributed by atoms with Gasteiger partial charge >= 0.3 is 5.97 Å². The van der Waals surface area contributed by atoms with Crippen LogP contribution >= 0.6 is 0 Å². The van der Waals surface area contributed by atoms with Gasteiger partial charge in [-0.3, -0.25) is 14.5 Å². The number of benzene rings is 1. The Morgan fingerprint density at radius 2 is 2.13 bits per heavy atom. The number of amides is 1. The van der Waals surface area contributed by atoms with Crippen molar-refractivity contribution in [3.8, 4) is 5.75 Å². The van der Waals surface area contributed by atoms with E-state index in [2.05, 4.69) is 11.8 Å². The fourth-order valence-electron chi connectivity index (χ4n) is 4.15. The van der Waals surface area contributed by atoms with Gasteiger partial charge in [-0.15, -0.1) is 0 Å². The summed E-state index contributed by atoms with van der Waals surface area (Å²) >= 11 is 0. The van der Waals surface area contributed by atoms with E-state index < -0.39 is 0 Å². The maximum absolute atomic E-state index is 13.2. The Morgan fingerprint density at radius 1 is 1.30 bits per heavy atom. The van der Waals surface area contributed by atoms with Crippen LogP contribution in [0.3, 0.4) is 0 Å². The lowest BCUT2D eigenvalue weighted by atomic mass is 10.1. The summed E-state index contributed by atoms with van der Waals surface area (Å²) < 4.78 is 15.9. The molecule has 7 nitrogen and oxygen atoms in total. The number of likely N-dealkylation sites (N-methyl/N-ethyl adjacent to an activating group) is 1. The lowest BCUT2D eigenvalue weighted by Crippen LogP contribution is -2.44. The smallest absolute Gasteiger partial charge is 0.307 e. The third-order valence-corrected chi connectivity index (χ3v) is 5.78. The Morgan fingerprint density at radius 3 is 2.87 bits per heavy atom. The molecule has 2 heterocycles. The van der Waals surface area contributed by atoms with E-state index in [1.165, 1.54) is 0 Å². The van der Waals surface area contributed by atoms with Gasteiger partial charge in [0, 0.05) is 36.1 Å². The molecule has 1 amide bonds. The summed E-state index contributed by atoms with van der Waals surface area (Å²) in [4.78, 5) is 29.3. The zero-order valence-electron chi connectivity index (χ0n) is 18.2. The molecule has 1 fully saturated rings. The Balaban J connectivity index is 1.72. The molecular formula is C23H32N2O5. The maximum Gasteiger partial charge on any atom is 0.307 e. The van der Waals surface area contributed by atoms with Crippen LogP contribution in [0.25, 0.3) is 11.0 Å². The molecule has 1 unspecified atom stereocenters. The third-order valence-electron chi connectivity index (χ3n) is 5.78. The zero-order valence-corrected chi connectivity index (χ0v) is 18.2. The zero-order chi connectivity index (χ0) is 21.5. The van der Waals surface area contributed by atoms with Gasteiger partial charge in [0.1, 0.15) is 11.3 Å². The van der Waals surface area contributed by atoms with E-state index in [0.29, 0.717) is 37.1 Å². The fraction of sp³-hybridized carbons (Fsp3) is 0.565. The second kappa shape index (κ2) is 10.5. The number of ether oxygens (including phenoxy) is 2. The number of nitrogens with zero attached hydrogens (tertiary/aromatic N) is 2. The van der Waals surface area contributed by atoms with E-state index in [4.69, 9.17) is 13.9 Å². The van der Waals surface area contributed by atoms with E-state index in [-0.39, 0.29) is 24.7 Å². The molecule has 1 aromatic carbocycles. The quantitative estimate of drug-likeness (QED) is 0.554. The first-order valence-electron chi connectivity index (χ1n) is 10.8. The average Bonchev–Trinajstić information content (AvgIpc) is 3.37. The number of fused-ring (bicyclic) bond motifs is 1. The maximum atomic E-state index is 13.2. The van der Waals surface area contributed by atoms with E-state index in [1.54, 1.807) is 20.3 Å². The minimum Gasteiger partial charge on any atom is -0.497 e. The van der Waals surface area contributed by atoms with Crippen molar-refractivity contribution in [3.63, 3.8) is 0 Å². The van der Waals surface area contributed by atoms with Crippen LogP contribution in [0.4, 0.5) is 0 Å². The number of likely N-dealkylation sites (tertiary alicyclic amines) is 1. The number of furan rings is 1. The van der Waals surface area contributed by atoms with Crippen molar-refractivity contribution in [1.82, 2.24) is 9.80 Å². The first-order valence-corrected chi connectivity index (χ1v) is 10.8. The minimum absolute atomic E-state index is 0.000713. The second-order valence-electron chi connectivity index (χ2n) is 7.62. The lowest BCUT2D eigenvalue weighted by Gasteiger charge is -2.30. The van der Waals surface area contributed by atoms with Crippen LogP contribution in [0.2, 0.25) is 0 Å². The summed E-state index contributed by atoms with van der Waals surface area (Å²) in [6, 6.07) is 5.94. The van der Waals surface area contributed by atoms with Gasteiger partial charge < -0.3 is 18.8 Å². The molecule has 0 spiro atoms. The normalized spacial score (nSPS) is 16.7. The summed E-state index contributed by atoms with van der Waals surface area (Å²) in [7, 11) is 1.61. The van der Waals surface area contributed by atoms with Crippen molar-refractivity contribution in [2.24, 2.45) is 0 Å². The van der Waals surface area contributed by atoms with Gasteiger partial charge in [0.2, 0.25) is 5.91 Å². The van der Waals surface area contributed by atoms with Crippen molar-refractivity contribution in [2.75, 3.05) is 39.9 Å². The van der Waals surface area contributed by atoms with Crippen LogP contribution in [0.5, 0.6) is 5.75 Å². The van der Waals surface area contributed by atoms with Crippen LogP contribution in [0.15, 0.2) is 28.9 Å². The first-order chi connectivity index (χ1) is 14.5. The molecule has 1 saturated heterocycles. The summed E-state index contributed by atoms with van der Waals surface area (Å²) in [6.07, 6.45) is 4.31. The number of methoxy groups -OCH3 is 1. The van der Waals surface area contributed by atoms with Crippen LogP contribution in [0.1, 0.15) is 38.7 Å². The first kappa shape index (κ1) is 22.2. The predicted octanol–water partition coefficient (Wildman–Crippen LogP) is 3.25. The number of esters is 1. The van der Waals surface area contributed by atoms with Crippen molar-refractivity contribution in [2.45, 2.75) is 45.6 Å². The van der Waals surface area contributed by atoms with Gasteiger partial charge in [0.15, 0.2) is 0 Å². The van der Waals surface area contributed by atoms with Crippen molar-refractivity contribution >= 4 is 22.8 Å². The van der Waals surface area contributed by atoms with E-state index in [1.807, 2.05) is 23.1 Å². The highest BCUT2D eigenvalue weighted by Crippen LogP contribution is 2.26. The van der Waals surface area contributed by atoms with Gasteiger partial charge in [-0.1, -0.05) is 6.92 Å². The van der Waals surface area contributed by atoms with E-state index in [0.717, 1.165) is 36.9 Å². The molecule has 0 N–H and O–H groups in total. The van der Waals surface area contributed by atoms with Crippen molar-refractivity contribution in [3.05, 3.63) is 30.0 Å². The van der Waals surface area contributed by atoms with Gasteiger partial charge in [0.05, 0.1) is 32.8 Å². The Bertz CT molecular complexity index is 862.